The maximum Gasteiger partial charge on any atom is 0.194 e. The molecule has 1 aliphatic heterocycles. The highest BCUT2D eigenvalue weighted by molar-refractivity contribution is 14.0. The summed E-state index contributed by atoms with van der Waals surface area (Å²) in [5.74, 6) is 1.90. The van der Waals surface area contributed by atoms with Gasteiger partial charge in [-0.1, -0.05) is 19.9 Å². The van der Waals surface area contributed by atoms with E-state index in [1.54, 1.807) is 7.11 Å². The molecule has 1 aromatic heterocycles. The summed E-state index contributed by atoms with van der Waals surface area (Å²) in [6, 6.07) is 8.30. The van der Waals surface area contributed by atoms with Gasteiger partial charge < -0.3 is 19.9 Å². The Balaban J connectivity index is 0.00000341. The predicted molar refractivity (Wildman–Crippen MR) is 139 cm³/mol. The maximum absolute atomic E-state index is 5.38. The Labute approximate surface area is 203 Å². The summed E-state index contributed by atoms with van der Waals surface area (Å²) in [5.41, 5.74) is 4.95. The molecule has 0 unspecified atom stereocenters. The molecule has 31 heavy (non-hydrogen) atoms. The van der Waals surface area contributed by atoms with Gasteiger partial charge >= 0.3 is 0 Å². The van der Waals surface area contributed by atoms with E-state index in [4.69, 9.17) is 14.8 Å². The molecule has 172 valence electrons. The minimum atomic E-state index is 0. The van der Waals surface area contributed by atoms with Crippen molar-refractivity contribution in [3.8, 4) is 5.75 Å². The second-order valence-corrected chi connectivity index (χ2v) is 7.55. The van der Waals surface area contributed by atoms with Crippen molar-refractivity contribution >= 4 is 35.6 Å². The normalized spacial score (nSPS) is 14.4. The van der Waals surface area contributed by atoms with Crippen LogP contribution in [0, 0.1) is 0 Å². The van der Waals surface area contributed by atoms with Crippen LogP contribution in [0.1, 0.15) is 37.7 Å². The number of rotatable bonds is 7. The van der Waals surface area contributed by atoms with Crippen LogP contribution >= 0.6 is 24.0 Å². The second-order valence-electron chi connectivity index (χ2n) is 7.55. The molecule has 0 atom stereocenters. The first-order valence-corrected chi connectivity index (χ1v) is 11.1. The lowest BCUT2D eigenvalue weighted by Gasteiger charge is -2.37. The number of nitrogens with one attached hydrogen (secondary N) is 1. The second kappa shape index (κ2) is 12.2. The lowest BCUT2D eigenvalue weighted by atomic mass is 10.1. The third-order valence-electron chi connectivity index (χ3n) is 5.75. The van der Waals surface area contributed by atoms with E-state index < -0.39 is 0 Å². The number of nitrogens with zero attached hydrogens (tertiary/aromatic N) is 5. The van der Waals surface area contributed by atoms with Gasteiger partial charge in [0.1, 0.15) is 5.75 Å². The molecule has 8 heteroatoms. The summed E-state index contributed by atoms with van der Waals surface area (Å²) in [5, 5.41) is 8.18. The third-order valence-corrected chi connectivity index (χ3v) is 5.75. The first kappa shape index (κ1) is 25.3. The van der Waals surface area contributed by atoms with Gasteiger partial charge in [0.05, 0.1) is 19.3 Å². The lowest BCUT2D eigenvalue weighted by molar-refractivity contribution is 0.372. The molecular formula is C23H37IN6O. The number of benzene rings is 1. The molecular weight excluding hydrogens is 503 g/mol. The zero-order chi connectivity index (χ0) is 21.5. The number of guanidine groups is 1. The van der Waals surface area contributed by atoms with Crippen LogP contribution in [-0.2, 0) is 26.4 Å². The van der Waals surface area contributed by atoms with Gasteiger partial charge in [-0.05, 0) is 31.9 Å². The van der Waals surface area contributed by atoms with Crippen molar-refractivity contribution in [2.75, 3.05) is 44.7 Å². The average Bonchev–Trinajstić information content (AvgIpc) is 3.11. The fourth-order valence-corrected chi connectivity index (χ4v) is 4.14. The number of ether oxygens (including phenoxy) is 1. The Morgan fingerprint density at radius 1 is 1.13 bits per heavy atom. The number of aliphatic imine (C=N–C) groups is 1. The number of halogens is 1. The van der Waals surface area contributed by atoms with Gasteiger partial charge in [0, 0.05) is 62.8 Å². The molecule has 0 saturated carbocycles. The minimum Gasteiger partial charge on any atom is -0.497 e. The van der Waals surface area contributed by atoms with Gasteiger partial charge in [0.2, 0.25) is 0 Å². The Morgan fingerprint density at radius 3 is 2.48 bits per heavy atom. The summed E-state index contributed by atoms with van der Waals surface area (Å²) in [7, 11) is 3.75. The van der Waals surface area contributed by atoms with Gasteiger partial charge in [-0.15, -0.1) is 24.0 Å². The SMILES string of the molecule is CCNC(=NCc1c(CC)nn(C)c1CC)N1CCN(c2cccc(OC)c2)CC1.I. The van der Waals surface area contributed by atoms with Crippen molar-refractivity contribution in [2.24, 2.45) is 12.0 Å². The van der Waals surface area contributed by atoms with Crippen LogP contribution in [0.25, 0.3) is 0 Å². The van der Waals surface area contributed by atoms with E-state index in [9.17, 15) is 0 Å². The van der Waals surface area contributed by atoms with Crippen LogP contribution in [0.5, 0.6) is 5.75 Å². The largest absolute Gasteiger partial charge is 0.497 e. The van der Waals surface area contributed by atoms with Gasteiger partial charge in [-0.2, -0.15) is 5.10 Å². The van der Waals surface area contributed by atoms with E-state index in [2.05, 4.69) is 54.1 Å². The van der Waals surface area contributed by atoms with Crippen molar-refractivity contribution in [1.29, 1.82) is 0 Å². The van der Waals surface area contributed by atoms with Crippen LogP contribution in [0.2, 0.25) is 0 Å². The van der Waals surface area contributed by atoms with Gasteiger partial charge in [0.15, 0.2) is 5.96 Å². The Morgan fingerprint density at radius 2 is 1.87 bits per heavy atom. The lowest BCUT2D eigenvalue weighted by Crippen LogP contribution is -2.52. The molecule has 0 bridgehead atoms. The minimum absolute atomic E-state index is 0. The number of methoxy groups -OCH3 is 1. The standard InChI is InChI=1S/C23H36N6O.HI/c1-6-21-20(22(7-2)27(4)26-21)17-25-23(24-8-3)29-14-12-28(13-15-29)18-10-9-11-19(16-18)30-5;/h9-11,16H,6-8,12-15,17H2,1-5H3,(H,24,25);1H. The molecule has 0 radical (unpaired) electrons. The van der Waals surface area contributed by atoms with Gasteiger partial charge in [-0.3, -0.25) is 4.68 Å². The average molecular weight is 540 g/mol. The van der Waals surface area contributed by atoms with E-state index >= 15 is 0 Å². The van der Waals surface area contributed by atoms with E-state index in [1.165, 1.54) is 16.9 Å². The molecule has 1 N–H and O–H groups in total. The van der Waals surface area contributed by atoms with Crippen LogP contribution in [0.15, 0.2) is 29.3 Å². The van der Waals surface area contributed by atoms with Crippen molar-refractivity contribution in [1.82, 2.24) is 20.0 Å². The number of aromatic nitrogens is 2. The van der Waals surface area contributed by atoms with E-state index in [0.29, 0.717) is 6.54 Å². The monoisotopic (exact) mass is 540 g/mol. The van der Waals surface area contributed by atoms with Crippen molar-refractivity contribution in [2.45, 2.75) is 40.2 Å². The number of hydrogen-bond donors (Lipinski definition) is 1. The Bertz CT molecular complexity index is 858. The molecule has 1 aromatic carbocycles. The molecule has 7 nitrogen and oxygen atoms in total. The highest BCUT2D eigenvalue weighted by atomic mass is 127. The molecule has 1 fully saturated rings. The number of anilines is 1. The first-order chi connectivity index (χ1) is 14.6. The summed E-state index contributed by atoms with van der Waals surface area (Å²) in [6.45, 7) is 11.8. The van der Waals surface area contributed by atoms with Gasteiger partial charge in [0.25, 0.3) is 0 Å². The number of hydrogen-bond acceptors (Lipinski definition) is 4. The van der Waals surface area contributed by atoms with Crippen LogP contribution in [0.3, 0.4) is 0 Å². The van der Waals surface area contributed by atoms with Crippen LogP contribution in [0.4, 0.5) is 5.69 Å². The smallest absolute Gasteiger partial charge is 0.194 e. The molecule has 2 aromatic rings. The third kappa shape index (κ3) is 6.05. The van der Waals surface area contributed by atoms with Crippen molar-refractivity contribution in [3.05, 3.63) is 41.2 Å². The van der Waals surface area contributed by atoms with Crippen LogP contribution in [-0.4, -0.2) is 60.5 Å². The summed E-state index contributed by atoms with van der Waals surface area (Å²) < 4.78 is 7.39. The van der Waals surface area contributed by atoms with E-state index in [1.807, 2.05) is 17.8 Å². The summed E-state index contributed by atoms with van der Waals surface area (Å²) in [4.78, 5) is 9.78. The van der Waals surface area contributed by atoms with Crippen molar-refractivity contribution in [3.63, 3.8) is 0 Å². The fourth-order valence-electron chi connectivity index (χ4n) is 4.14. The highest BCUT2D eigenvalue weighted by Gasteiger charge is 2.21. The molecule has 0 spiro atoms. The zero-order valence-corrected chi connectivity index (χ0v) is 21.8. The van der Waals surface area contributed by atoms with Crippen LogP contribution < -0.4 is 15.0 Å². The topological polar surface area (TPSA) is 57.9 Å². The first-order valence-electron chi connectivity index (χ1n) is 11.1. The fraction of sp³-hybridized carbons (Fsp3) is 0.565. The molecule has 0 amide bonds. The van der Waals surface area contributed by atoms with E-state index in [0.717, 1.165) is 63.0 Å². The van der Waals surface area contributed by atoms with Gasteiger partial charge in [-0.25, -0.2) is 4.99 Å². The number of aryl methyl sites for hydroxylation is 2. The maximum atomic E-state index is 5.38. The molecule has 0 aliphatic carbocycles. The Kier molecular flexibility index (Phi) is 9.93. The summed E-state index contributed by atoms with van der Waals surface area (Å²) >= 11 is 0. The zero-order valence-electron chi connectivity index (χ0n) is 19.5. The quantitative estimate of drug-likeness (QED) is 0.331. The predicted octanol–water partition coefficient (Wildman–Crippen LogP) is 3.46. The molecule has 1 saturated heterocycles. The Hall–Kier alpha value is -1.97. The highest BCUT2D eigenvalue weighted by Crippen LogP contribution is 2.22. The molecule has 3 rings (SSSR count). The van der Waals surface area contributed by atoms with E-state index in [-0.39, 0.29) is 24.0 Å². The summed E-state index contributed by atoms with van der Waals surface area (Å²) in [6.07, 6.45) is 1.92. The molecule has 2 heterocycles. The van der Waals surface area contributed by atoms with Crippen molar-refractivity contribution < 1.29 is 4.74 Å². The number of piperazine rings is 1. The molecule has 1 aliphatic rings.